The largest absolute Gasteiger partial charge is 0.395 e. The van der Waals surface area contributed by atoms with Crippen LogP contribution in [0.2, 0.25) is 0 Å². The van der Waals surface area contributed by atoms with Gasteiger partial charge in [-0.1, -0.05) is 11.8 Å². The predicted molar refractivity (Wildman–Crippen MR) is 47.6 cm³/mol. The Labute approximate surface area is 72.3 Å². The van der Waals surface area contributed by atoms with Crippen molar-refractivity contribution in [1.82, 2.24) is 4.98 Å². The van der Waals surface area contributed by atoms with Gasteiger partial charge in [0.05, 0.1) is 6.61 Å². The minimum Gasteiger partial charge on any atom is -0.395 e. The third kappa shape index (κ3) is 2.73. The van der Waals surface area contributed by atoms with Gasteiger partial charge in [-0.15, -0.1) is 0 Å². The molecule has 62 valence electrons. The second-order valence-corrected chi connectivity index (χ2v) is 2.46. The van der Waals surface area contributed by atoms with E-state index in [0.717, 1.165) is 11.3 Å². The highest BCUT2D eigenvalue weighted by Gasteiger charge is 1.86. The second kappa shape index (κ2) is 4.53. The minimum absolute atomic E-state index is 0.122. The maximum Gasteiger partial charge on any atom is 0.0540 e. The second-order valence-electron chi connectivity index (χ2n) is 2.46. The maximum absolute atomic E-state index is 8.48. The smallest absolute Gasteiger partial charge is 0.0540 e. The zero-order valence-corrected chi connectivity index (χ0v) is 7.04. The van der Waals surface area contributed by atoms with Gasteiger partial charge >= 0.3 is 0 Å². The van der Waals surface area contributed by atoms with Gasteiger partial charge < -0.3 is 5.11 Å². The molecule has 0 saturated carbocycles. The summed E-state index contributed by atoms with van der Waals surface area (Å²) in [5, 5.41) is 8.48. The van der Waals surface area contributed by atoms with Crippen molar-refractivity contribution < 1.29 is 5.11 Å². The topological polar surface area (TPSA) is 33.1 Å². The van der Waals surface area contributed by atoms with Crippen molar-refractivity contribution in [2.45, 2.75) is 13.3 Å². The molecule has 2 nitrogen and oxygen atoms in total. The first kappa shape index (κ1) is 8.76. The molecule has 1 aromatic heterocycles. The molecule has 0 fully saturated rings. The lowest BCUT2D eigenvalue weighted by Gasteiger charge is -1.90. The Hall–Kier alpha value is -1.33. The van der Waals surface area contributed by atoms with Crippen molar-refractivity contribution >= 4 is 0 Å². The van der Waals surface area contributed by atoms with E-state index in [9.17, 15) is 0 Å². The highest BCUT2D eigenvalue weighted by Crippen LogP contribution is 1.97. The Morgan fingerprint density at radius 1 is 1.58 bits per heavy atom. The summed E-state index contributed by atoms with van der Waals surface area (Å²) in [6, 6.07) is 3.78. The standard InChI is InChI=1S/C10H11NO/c1-9-8-10(5-6-11-9)4-2-3-7-12/h5-6,8,12H,3,7H2,1H3. The fourth-order valence-electron chi connectivity index (χ4n) is 0.844. The van der Waals surface area contributed by atoms with E-state index in [1.165, 1.54) is 0 Å². The molecule has 0 amide bonds. The highest BCUT2D eigenvalue weighted by atomic mass is 16.2. The quantitative estimate of drug-likeness (QED) is 0.626. The van der Waals surface area contributed by atoms with Gasteiger partial charge in [0.1, 0.15) is 0 Å². The van der Waals surface area contributed by atoms with Crippen LogP contribution in [0.4, 0.5) is 0 Å². The average Bonchev–Trinajstić information content (AvgIpc) is 2.05. The third-order valence-electron chi connectivity index (χ3n) is 1.37. The van der Waals surface area contributed by atoms with Crippen molar-refractivity contribution in [2.75, 3.05) is 6.61 Å². The molecular weight excluding hydrogens is 150 g/mol. The number of pyridine rings is 1. The van der Waals surface area contributed by atoms with E-state index in [1.807, 2.05) is 19.1 Å². The van der Waals surface area contributed by atoms with Gasteiger partial charge in [0.15, 0.2) is 0 Å². The van der Waals surface area contributed by atoms with Crippen LogP contribution in [0, 0.1) is 18.8 Å². The van der Waals surface area contributed by atoms with Crippen LogP contribution < -0.4 is 0 Å². The number of aliphatic hydroxyl groups excluding tert-OH is 1. The van der Waals surface area contributed by atoms with Crippen LogP contribution in [-0.2, 0) is 0 Å². The number of rotatable bonds is 1. The lowest BCUT2D eigenvalue weighted by molar-refractivity contribution is 0.305. The summed E-state index contributed by atoms with van der Waals surface area (Å²) in [4.78, 5) is 4.05. The molecule has 0 aliphatic rings. The number of aryl methyl sites for hydroxylation is 1. The number of aromatic nitrogens is 1. The average molecular weight is 161 g/mol. The molecule has 0 saturated heterocycles. The number of nitrogens with zero attached hydrogens (tertiary/aromatic N) is 1. The summed E-state index contributed by atoms with van der Waals surface area (Å²) >= 11 is 0. The van der Waals surface area contributed by atoms with E-state index in [4.69, 9.17) is 5.11 Å². The molecule has 1 heterocycles. The van der Waals surface area contributed by atoms with Crippen LogP contribution in [0.25, 0.3) is 0 Å². The van der Waals surface area contributed by atoms with Crippen LogP contribution in [-0.4, -0.2) is 16.7 Å². The van der Waals surface area contributed by atoms with E-state index < -0.39 is 0 Å². The van der Waals surface area contributed by atoms with Crippen LogP contribution in [0.5, 0.6) is 0 Å². The SMILES string of the molecule is Cc1cc(C#CCCO)ccn1. The molecule has 1 aromatic rings. The Balaban J connectivity index is 2.71. The molecule has 1 N–H and O–H groups in total. The van der Waals surface area contributed by atoms with Crippen molar-refractivity contribution in [3.8, 4) is 11.8 Å². The zero-order chi connectivity index (χ0) is 8.81. The lowest BCUT2D eigenvalue weighted by Crippen LogP contribution is -1.82. The van der Waals surface area contributed by atoms with Crippen LogP contribution in [0.1, 0.15) is 17.7 Å². The van der Waals surface area contributed by atoms with Crippen molar-refractivity contribution in [3.63, 3.8) is 0 Å². The Morgan fingerprint density at radius 2 is 2.42 bits per heavy atom. The van der Waals surface area contributed by atoms with Crippen LogP contribution >= 0.6 is 0 Å². The Kier molecular flexibility index (Phi) is 3.31. The Morgan fingerprint density at radius 3 is 3.08 bits per heavy atom. The maximum atomic E-state index is 8.48. The molecule has 0 unspecified atom stereocenters. The predicted octanol–water partition coefficient (Wildman–Crippen LogP) is 1.12. The monoisotopic (exact) mass is 161 g/mol. The molecule has 0 aromatic carbocycles. The fourth-order valence-corrected chi connectivity index (χ4v) is 0.844. The summed E-state index contributed by atoms with van der Waals surface area (Å²) in [7, 11) is 0. The summed E-state index contributed by atoms with van der Waals surface area (Å²) < 4.78 is 0. The molecule has 0 atom stereocenters. The van der Waals surface area contributed by atoms with Crippen LogP contribution in [0.15, 0.2) is 18.3 Å². The van der Waals surface area contributed by atoms with Crippen molar-refractivity contribution in [2.24, 2.45) is 0 Å². The Bertz CT molecular complexity index is 309. The number of hydrogen-bond acceptors (Lipinski definition) is 2. The highest BCUT2D eigenvalue weighted by molar-refractivity contribution is 5.33. The molecule has 0 aliphatic heterocycles. The lowest BCUT2D eigenvalue weighted by atomic mass is 10.2. The number of hydrogen-bond donors (Lipinski definition) is 1. The molecule has 0 aliphatic carbocycles. The summed E-state index contributed by atoms with van der Waals surface area (Å²) in [6.07, 6.45) is 2.26. The van der Waals surface area contributed by atoms with Gasteiger partial charge in [0.2, 0.25) is 0 Å². The molecule has 12 heavy (non-hydrogen) atoms. The molecule has 2 heteroatoms. The molecule has 0 radical (unpaired) electrons. The van der Waals surface area contributed by atoms with Gasteiger partial charge in [-0.3, -0.25) is 4.98 Å². The fraction of sp³-hybridized carbons (Fsp3) is 0.300. The molecule has 1 rings (SSSR count). The summed E-state index contributed by atoms with van der Waals surface area (Å²) in [5.74, 6) is 5.79. The zero-order valence-electron chi connectivity index (χ0n) is 7.04. The first-order valence-corrected chi connectivity index (χ1v) is 3.85. The number of aliphatic hydroxyl groups is 1. The third-order valence-corrected chi connectivity index (χ3v) is 1.37. The van der Waals surface area contributed by atoms with Gasteiger partial charge in [-0.05, 0) is 19.1 Å². The molecule has 0 bridgehead atoms. The van der Waals surface area contributed by atoms with Gasteiger partial charge in [-0.2, -0.15) is 0 Å². The minimum atomic E-state index is 0.122. The van der Waals surface area contributed by atoms with E-state index >= 15 is 0 Å². The van der Waals surface area contributed by atoms with Gasteiger partial charge in [0, 0.05) is 23.9 Å². The first-order chi connectivity index (χ1) is 5.83. The molecular formula is C10H11NO. The van der Waals surface area contributed by atoms with E-state index in [1.54, 1.807) is 6.20 Å². The van der Waals surface area contributed by atoms with E-state index in [2.05, 4.69) is 16.8 Å². The van der Waals surface area contributed by atoms with Gasteiger partial charge in [0.25, 0.3) is 0 Å². The summed E-state index contributed by atoms with van der Waals surface area (Å²) in [5.41, 5.74) is 1.92. The van der Waals surface area contributed by atoms with E-state index in [-0.39, 0.29) is 6.61 Å². The van der Waals surface area contributed by atoms with Gasteiger partial charge in [-0.25, -0.2) is 0 Å². The first-order valence-electron chi connectivity index (χ1n) is 3.85. The van der Waals surface area contributed by atoms with E-state index in [0.29, 0.717) is 6.42 Å². The van der Waals surface area contributed by atoms with Crippen LogP contribution in [0.3, 0.4) is 0 Å². The van der Waals surface area contributed by atoms with Crippen molar-refractivity contribution in [1.29, 1.82) is 0 Å². The summed E-state index contributed by atoms with van der Waals surface area (Å²) in [6.45, 7) is 2.05. The van der Waals surface area contributed by atoms with Crippen molar-refractivity contribution in [3.05, 3.63) is 29.6 Å². The molecule has 0 spiro atoms. The normalized spacial score (nSPS) is 8.83.